The highest BCUT2D eigenvalue weighted by molar-refractivity contribution is 5.83. The van der Waals surface area contributed by atoms with E-state index in [1.54, 1.807) is 4.90 Å². The Morgan fingerprint density at radius 3 is 2.73 bits per heavy atom. The molecule has 0 aromatic heterocycles. The fourth-order valence-electron chi connectivity index (χ4n) is 2.06. The van der Waals surface area contributed by atoms with Gasteiger partial charge in [-0.25, -0.2) is 0 Å². The number of amides is 1. The standard InChI is InChI=1S/C11H19N3O/c1-9(2)14(7-4-6-12)10-5-8-13(3)11(10)15/h9-10H,4-5,7-8H2,1-3H3. The summed E-state index contributed by atoms with van der Waals surface area (Å²) in [5, 5.41) is 8.59. The van der Waals surface area contributed by atoms with Crippen molar-refractivity contribution < 1.29 is 4.79 Å². The Kier molecular flexibility index (Phi) is 4.10. The van der Waals surface area contributed by atoms with E-state index in [0.29, 0.717) is 19.0 Å². The van der Waals surface area contributed by atoms with Gasteiger partial charge in [0.25, 0.3) is 0 Å². The molecule has 0 bridgehead atoms. The number of likely N-dealkylation sites (N-methyl/N-ethyl adjacent to an activating group) is 1. The van der Waals surface area contributed by atoms with Crippen LogP contribution < -0.4 is 0 Å². The lowest BCUT2D eigenvalue weighted by molar-refractivity contribution is -0.131. The largest absolute Gasteiger partial charge is 0.344 e. The Morgan fingerprint density at radius 2 is 2.33 bits per heavy atom. The molecule has 0 aromatic carbocycles. The SMILES string of the molecule is CC(C)N(CCC#N)C1CCN(C)C1=O. The van der Waals surface area contributed by atoms with Gasteiger partial charge in [-0.15, -0.1) is 0 Å². The number of carbonyl (C=O) groups is 1. The van der Waals surface area contributed by atoms with Crippen LogP contribution in [0.2, 0.25) is 0 Å². The lowest BCUT2D eigenvalue weighted by atomic mass is 10.1. The van der Waals surface area contributed by atoms with Gasteiger partial charge in [0.05, 0.1) is 12.1 Å². The molecule has 0 aromatic rings. The summed E-state index contributed by atoms with van der Waals surface area (Å²) < 4.78 is 0. The minimum absolute atomic E-state index is 0.0108. The fourth-order valence-corrected chi connectivity index (χ4v) is 2.06. The predicted molar refractivity (Wildman–Crippen MR) is 58.1 cm³/mol. The average molecular weight is 209 g/mol. The first kappa shape index (κ1) is 12.0. The third-order valence-corrected chi connectivity index (χ3v) is 2.94. The molecule has 1 rings (SSSR count). The van der Waals surface area contributed by atoms with Crippen LogP contribution in [0.3, 0.4) is 0 Å². The van der Waals surface area contributed by atoms with Gasteiger partial charge in [-0.3, -0.25) is 9.69 Å². The lowest BCUT2D eigenvalue weighted by Crippen LogP contribution is -2.45. The van der Waals surface area contributed by atoms with Crippen molar-refractivity contribution in [3.8, 4) is 6.07 Å². The van der Waals surface area contributed by atoms with Gasteiger partial charge in [-0.1, -0.05) is 0 Å². The summed E-state index contributed by atoms with van der Waals surface area (Å²) >= 11 is 0. The van der Waals surface area contributed by atoms with Gasteiger partial charge in [-0.05, 0) is 20.3 Å². The van der Waals surface area contributed by atoms with E-state index < -0.39 is 0 Å². The Labute approximate surface area is 91.5 Å². The highest BCUT2D eigenvalue weighted by Crippen LogP contribution is 2.18. The maximum Gasteiger partial charge on any atom is 0.239 e. The molecule has 1 heterocycles. The summed E-state index contributed by atoms with van der Waals surface area (Å²) in [5.41, 5.74) is 0. The normalized spacial score (nSPS) is 21.5. The van der Waals surface area contributed by atoms with E-state index in [2.05, 4.69) is 24.8 Å². The van der Waals surface area contributed by atoms with E-state index in [-0.39, 0.29) is 11.9 Å². The highest BCUT2D eigenvalue weighted by atomic mass is 16.2. The van der Waals surface area contributed by atoms with Gasteiger partial charge in [0.1, 0.15) is 0 Å². The predicted octanol–water partition coefficient (Wildman–Crippen LogP) is 0.841. The number of hydrogen-bond acceptors (Lipinski definition) is 3. The third kappa shape index (κ3) is 2.69. The van der Waals surface area contributed by atoms with Crippen molar-refractivity contribution in [2.24, 2.45) is 0 Å². The Morgan fingerprint density at radius 1 is 1.67 bits per heavy atom. The number of carbonyl (C=O) groups excluding carboxylic acids is 1. The molecule has 1 amide bonds. The van der Waals surface area contributed by atoms with E-state index in [4.69, 9.17) is 5.26 Å². The quantitative estimate of drug-likeness (QED) is 0.689. The van der Waals surface area contributed by atoms with Crippen molar-refractivity contribution in [3.05, 3.63) is 0 Å². The molecule has 4 nitrogen and oxygen atoms in total. The molecule has 0 saturated carbocycles. The van der Waals surface area contributed by atoms with Crippen LogP contribution >= 0.6 is 0 Å². The van der Waals surface area contributed by atoms with Crippen LogP contribution in [0, 0.1) is 11.3 Å². The van der Waals surface area contributed by atoms with Gasteiger partial charge < -0.3 is 4.90 Å². The fraction of sp³-hybridized carbons (Fsp3) is 0.818. The van der Waals surface area contributed by atoms with Gasteiger partial charge in [-0.2, -0.15) is 5.26 Å². The lowest BCUT2D eigenvalue weighted by Gasteiger charge is -2.30. The van der Waals surface area contributed by atoms with Crippen molar-refractivity contribution in [1.29, 1.82) is 5.26 Å². The molecule has 1 fully saturated rings. The van der Waals surface area contributed by atoms with Crippen LogP contribution in [0.1, 0.15) is 26.7 Å². The summed E-state index contributed by atoms with van der Waals surface area (Å²) in [4.78, 5) is 15.7. The zero-order chi connectivity index (χ0) is 11.4. The number of likely N-dealkylation sites (tertiary alicyclic amines) is 1. The first-order valence-corrected chi connectivity index (χ1v) is 5.45. The molecular formula is C11H19N3O. The van der Waals surface area contributed by atoms with E-state index in [0.717, 1.165) is 13.0 Å². The molecule has 1 unspecified atom stereocenters. The number of rotatable bonds is 4. The van der Waals surface area contributed by atoms with Crippen molar-refractivity contribution in [1.82, 2.24) is 9.80 Å². The van der Waals surface area contributed by atoms with Crippen molar-refractivity contribution >= 4 is 5.91 Å². The van der Waals surface area contributed by atoms with E-state index in [9.17, 15) is 4.79 Å². The first-order valence-electron chi connectivity index (χ1n) is 5.45. The first-order chi connectivity index (χ1) is 7.07. The van der Waals surface area contributed by atoms with Gasteiger partial charge in [0.15, 0.2) is 0 Å². The molecule has 1 aliphatic heterocycles. The average Bonchev–Trinajstić information content (AvgIpc) is 2.50. The van der Waals surface area contributed by atoms with Crippen LogP contribution in [0.4, 0.5) is 0 Å². The second-order valence-corrected chi connectivity index (χ2v) is 4.30. The molecule has 0 radical (unpaired) electrons. The van der Waals surface area contributed by atoms with Crippen molar-refractivity contribution in [2.45, 2.75) is 38.8 Å². The molecule has 0 spiro atoms. The molecule has 4 heteroatoms. The highest BCUT2D eigenvalue weighted by Gasteiger charge is 2.34. The maximum atomic E-state index is 11.8. The van der Waals surface area contributed by atoms with Gasteiger partial charge in [0.2, 0.25) is 5.91 Å². The Hall–Kier alpha value is -1.08. The monoisotopic (exact) mass is 209 g/mol. The summed E-state index contributed by atoms with van der Waals surface area (Å²) in [6.45, 7) is 5.67. The zero-order valence-electron chi connectivity index (χ0n) is 9.73. The smallest absolute Gasteiger partial charge is 0.239 e. The zero-order valence-corrected chi connectivity index (χ0v) is 9.73. The molecule has 1 saturated heterocycles. The van der Waals surface area contributed by atoms with Crippen LogP contribution in [0.5, 0.6) is 0 Å². The topological polar surface area (TPSA) is 47.3 Å². The van der Waals surface area contributed by atoms with Gasteiger partial charge in [0, 0.05) is 32.6 Å². The molecule has 1 atom stereocenters. The van der Waals surface area contributed by atoms with E-state index >= 15 is 0 Å². The molecule has 0 aliphatic carbocycles. The van der Waals surface area contributed by atoms with Crippen LogP contribution in [-0.2, 0) is 4.79 Å². The molecular weight excluding hydrogens is 190 g/mol. The Balaban J connectivity index is 2.64. The number of nitriles is 1. The number of nitrogens with zero attached hydrogens (tertiary/aromatic N) is 3. The minimum atomic E-state index is -0.0108. The third-order valence-electron chi connectivity index (χ3n) is 2.94. The second kappa shape index (κ2) is 5.13. The Bertz CT molecular complexity index is 269. The minimum Gasteiger partial charge on any atom is -0.344 e. The summed E-state index contributed by atoms with van der Waals surface area (Å²) in [7, 11) is 1.84. The van der Waals surface area contributed by atoms with Crippen molar-refractivity contribution in [2.75, 3.05) is 20.1 Å². The summed E-state index contributed by atoms with van der Waals surface area (Å²) in [6, 6.07) is 2.44. The van der Waals surface area contributed by atoms with Crippen LogP contribution in [-0.4, -0.2) is 47.9 Å². The van der Waals surface area contributed by atoms with Gasteiger partial charge >= 0.3 is 0 Å². The number of hydrogen-bond donors (Lipinski definition) is 0. The molecule has 15 heavy (non-hydrogen) atoms. The van der Waals surface area contributed by atoms with E-state index in [1.807, 2.05) is 7.05 Å². The molecule has 1 aliphatic rings. The summed E-state index contributed by atoms with van der Waals surface area (Å²) in [5.74, 6) is 0.196. The van der Waals surface area contributed by atoms with Crippen LogP contribution in [0.15, 0.2) is 0 Å². The van der Waals surface area contributed by atoms with Crippen molar-refractivity contribution in [3.63, 3.8) is 0 Å². The summed E-state index contributed by atoms with van der Waals surface area (Å²) in [6.07, 6.45) is 1.38. The molecule has 84 valence electrons. The second-order valence-electron chi connectivity index (χ2n) is 4.30. The van der Waals surface area contributed by atoms with Crippen LogP contribution in [0.25, 0.3) is 0 Å². The maximum absolute atomic E-state index is 11.8. The molecule has 0 N–H and O–H groups in total. The van der Waals surface area contributed by atoms with E-state index in [1.165, 1.54) is 0 Å².